The molecule has 1 aromatic rings. The van der Waals surface area contributed by atoms with Crippen molar-refractivity contribution in [2.24, 2.45) is 0 Å². The number of rotatable bonds is 7. The van der Waals surface area contributed by atoms with E-state index >= 15 is 0 Å². The number of hydrogen-bond acceptors (Lipinski definition) is 6. The van der Waals surface area contributed by atoms with Crippen LogP contribution in [0.4, 0.5) is 11.6 Å². The van der Waals surface area contributed by atoms with Crippen LogP contribution in [0.25, 0.3) is 0 Å². The van der Waals surface area contributed by atoms with Crippen LogP contribution < -0.4 is 10.2 Å². The fourth-order valence-electron chi connectivity index (χ4n) is 2.35. The van der Waals surface area contributed by atoms with Gasteiger partial charge in [0.25, 0.3) is 0 Å². The third-order valence-electron chi connectivity index (χ3n) is 3.47. The van der Waals surface area contributed by atoms with Crippen LogP contribution in [0.2, 0.25) is 0 Å². The third kappa shape index (κ3) is 4.74. The molecule has 1 aliphatic rings. The lowest BCUT2D eigenvalue weighted by Gasteiger charge is -2.33. The smallest absolute Gasteiger partial charge is 0.158 e. The van der Waals surface area contributed by atoms with E-state index in [1.165, 1.54) is 12.2 Å². The molecule has 5 nitrogen and oxygen atoms in total. The van der Waals surface area contributed by atoms with Gasteiger partial charge in [-0.3, -0.25) is 0 Å². The van der Waals surface area contributed by atoms with E-state index in [-0.39, 0.29) is 0 Å². The molecule has 2 rings (SSSR count). The molecular weight excluding hydrogens is 284 g/mol. The Labute approximate surface area is 131 Å². The van der Waals surface area contributed by atoms with Crippen molar-refractivity contribution in [2.75, 3.05) is 42.2 Å². The number of nitrogens with zero attached hydrogens (tertiary/aromatic N) is 3. The average Bonchev–Trinajstić information content (AvgIpc) is 2.53. The van der Waals surface area contributed by atoms with E-state index in [1.807, 2.05) is 6.92 Å². The van der Waals surface area contributed by atoms with Gasteiger partial charge >= 0.3 is 0 Å². The van der Waals surface area contributed by atoms with Gasteiger partial charge in [-0.05, 0) is 20.3 Å². The summed E-state index contributed by atoms with van der Waals surface area (Å²) in [7, 11) is 0. The second-order valence-electron chi connectivity index (χ2n) is 5.04. The fourth-order valence-corrected chi connectivity index (χ4v) is 3.53. The van der Waals surface area contributed by atoms with Crippen molar-refractivity contribution in [1.82, 2.24) is 9.97 Å². The highest BCUT2D eigenvalue weighted by molar-refractivity contribution is 8.00. The molecule has 2 heterocycles. The highest BCUT2D eigenvalue weighted by Gasteiger charge is 2.21. The molecule has 21 heavy (non-hydrogen) atoms. The molecular formula is C15H26N4OS. The van der Waals surface area contributed by atoms with E-state index in [9.17, 15) is 0 Å². The molecule has 0 radical (unpaired) electrons. The second kappa shape index (κ2) is 8.44. The minimum Gasteiger partial charge on any atom is -0.374 e. The standard InChI is InChI=1S/C15H26N4OS/c1-4-12-10-19(7-8-21-12)15-9-13(16-5-2)17-14(18-15)11-20-6-3/h9,12H,4-8,10-11H2,1-3H3,(H,16,17,18). The first-order chi connectivity index (χ1) is 10.3. The van der Waals surface area contributed by atoms with Crippen LogP contribution >= 0.6 is 11.8 Å². The Balaban J connectivity index is 2.17. The van der Waals surface area contributed by atoms with E-state index in [0.717, 1.165) is 37.1 Å². The van der Waals surface area contributed by atoms with Crippen molar-refractivity contribution in [2.45, 2.75) is 39.0 Å². The third-order valence-corrected chi connectivity index (χ3v) is 4.84. The Morgan fingerprint density at radius 3 is 2.95 bits per heavy atom. The largest absolute Gasteiger partial charge is 0.374 e. The lowest BCUT2D eigenvalue weighted by Crippen LogP contribution is -2.38. The molecule has 0 saturated carbocycles. The molecule has 0 spiro atoms. The Hall–Kier alpha value is -1.01. The molecule has 0 aliphatic carbocycles. The van der Waals surface area contributed by atoms with Gasteiger partial charge in [-0.1, -0.05) is 6.92 Å². The summed E-state index contributed by atoms with van der Waals surface area (Å²) < 4.78 is 5.46. The lowest BCUT2D eigenvalue weighted by molar-refractivity contribution is 0.128. The monoisotopic (exact) mass is 310 g/mol. The minimum absolute atomic E-state index is 0.475. The summed E-state index contributed by atoms with van der Waals surface area (Å²) in [4.78, 5) is 11.6. The molecule has 1 saturated heterocycles. The van der Waals surface area contributed by atoms with Gasteiger partial charge in [0.15, 0.2) is 5.82 Å². The van der Waals surface area contributed by atoms with E-state index in [4.69, 9.17) is 4.74 Å². The van der Waals surface area contributed by atoms with Crippen molar-refractivity contribution in [3.8, 4) is 0 Å². The average molecular weight is 310 g/mol. The summed E-state index contributed by atoms with van der Waals surface area (Å²) >= 11 is 2.07. The van der Waals surface area contributed by atoms with E-state index < -0.39 is 0 Å². The van der Waals surface area contributed by atoms with Crippen molar-refractivity contribution in [3.05, 3.63) is 11.9 Å². The number of anilines is 2. The van der Waals surface area contributed by atoms with Crippen LogP contribution in [-0.4, -0.2) is 47.2 Å². The summed E-state index contributed by atoms with van der Waals surface area (Å²) in [5, 5.41) is 3.99. The maximum atomic E-state index is 5.46. The Kier molecular flexibility index (Phi) is 6.57. The van der Waals surface area contributed by atoms with Crippen LogP contribution in [-0.2, 0) is 11.3 Å². The number of nitrogens with one attached hydrogen (secondary N) is 1. The van der Waals surface area contributed by atoms with Crippen LogP contribution in [0.15, 0.2) is 6.07 Å². The van der Waals surface area contributed by atoms with Crippen molar-refractivity contribution < 1.29 is 4.74 Å². The second-order valence-corrected chi connectivity index (χ2v) is 6.45. The highest BCUT2D eigenvalue weighted by Crippen LogP contribution is 2.26. The normalized spacial score (nSPS) is 18.8. The molecule has 1 N–H and O–H groups in total. The molecule has 0 bridgehead atoms. The molecule has 1 atom stereocenters. The van der Waals surface area contributed by atoms with Crippen molar-refractivity contribution in [3.63, 3.8) is 0 Å². The first kappa shape index (κ1) is 16.4. The van der Waals surface area contributed by atoms with E-state index in [2.05, 4.69) is 51.9 Å². The van der Waals surface area contributed by atoms with Gasteiger partial charge in [-0.25, -0.2) is 9.97 Å². The molecule has 0 amide bonds. The zero-order chi connectivity index (χ0) is 15.1. The van der Waals surface area contributed by atoms with Crippen LogP contribution in [0.1, 0.15) is 33.0 Å². The zero-order valence-electron chi connectivity index (χ0n) is 13.3. The molecule has 1 aromatic heterocycles. The van der Waals surface area contributed by atoms with Crippen LogP contribution in [0.5, 0.6) is 0 Å². The maximum Gasteiger partial charge on any atom is 0.158 e. The summed E-state index contributed by atoms with van der Waals surface area (Å²) in [6, 6.07) is 2.06. The molecule has 1 unspecified atom stereocenters. The summed E-state index contributed by atoms with van der Waals surface area (Å²) in [5.74, 6) is 3.84. The predicted molar refractivity (Wildman–Crippen MR) is 90.3 cm³/mol. The SMILES string of the molecule is CCNc1cc(N2CCSC(CC)C2)nc(COCC)n1. The fraction of sp³-hybridized carbons (Fsp3) is 0.733. The van der Waals surface area contributed by atoms with Gasteiger partial charge < -0.3 is 15.0 Å². The molecule has 1 aliphatic heterocycles. The quantitative estimate of drug-likeness (QED) is 0.836. The highest BCUT2D eigenvalue weighted by atomic mass is 32.2. The maximum absolute atomic E-state index is 5.46. The van der Waals surface area contributed by atoms with Gasteiger partial charge in [-0.2, -0.15) is 11.8 Å². The first-order valence-electron chi connectivity index (χ1n) is 7.82. The summed E-state index contributed by atoms with van der Waals surface area (Å²) in [5.41, 5.74) is 0. The van der Waals surface area contributed by atoms with Gasteiger partial charge in [-0.15, -0.1) is 0 Å². The molecule has 118 valence electrons. The van der Waals surface area contributed by atoms with E-state index in [0.29, 0.717) is 18.5 Å². The molecule has 1 fully saturated rings. The zero-order valence-corrected chi connectivity index (χ0v) is 14.1. The van der Waals surface area contributed by atoms with Gasteiger partial charge in [0.2, 0.25) is 0 Å². The summed E-state index contributed by atoms with van der Waals surface area (Å²) in [6.45, 7) is 10.5. The van der Waals surface area contributed by atoms with E-state index in [1.54, 1.807) is 0 Å². The Morgan fingerprint density at radius 1 is 1.38 bits per heavy atom. The number of aromatic nitrogens is 2. The summed E-state index contributed by atoms with van der Waals surface area (Å²) in [6.07, 6.45) is 1.21. The van der Waals surface area contributed by atoms with Gasteiger partial charge in [0.1, 0.15) is 18.2 Å². The number of thioether (sulfide) groups is 1. The number of hydrogen-bond donors (Lipinski definition) is 1. The van der Waals surface area contributed by atoms with Crippen LogP contribution in [0.3, 0.4) is 0 Å². The topological polar surface area (TPSA) is 50.3 Å². The predicted octanol–water partition coefficient (Wildman–Crippen LogP) is 2.78. The number of ether oxygens (including phenoxy) is 1. The van der Waals surface area contributed by atoms with Gasteiger partial charge in [0, 0.05) is 43.3 Å². The van der Waals surface area contributed by atoms with Gasteiger partial charge in [0.05, 0.1) is 0 Å². The Morgan fingerprint density at radius 2 is 2.24 bits per heavy atom. The van der Waals surface area contributed by atoms with Crippen LogP contribution in [0, 0.1) is 0 Å². The minimum atomic E-state index is 0.475. The molecule has 6 heteroatoms. The van der Waals surface area contributed by atoms with Crippen molar-refractivity contribution >= 4 is 23.4 Å². The first-order valence-corrected chi connectivity index (χ1v) is 8.87. The Bertz CT molecular complexity index is 444. The molecule has 0 aromatic carbocycles. The lowest BCUT2D eigenvalue weighted by atomic mass is 10.3. The van der Waals surface area contributed by atoms with Crippen molar-refractivity contribution in [1.29, 1.82) is 0 Å².